The average Bonchev–Trinajstić information content (AvgIpc) is 3.11. The van der Waals surface area contributed by atoms with Gasteiger partial charge in [0.1, 0.15) is 12.0 Å². The van der Waals surface area contributed by atoms with E-state index in [1.165, 1.54) is 11.3 Å². The lowest BCUT2D eigenvalue weighted by Gasteiger charge is -1.89. The Morgan fingerprint density at radius 1 is 1.30 bits per heavy atom. The number of oxazole rings is 1. The molecule has 0 atom stereocenters. The molecule has 0 saturated carbocycles. The van der Waals surface area contributed by atoms with Crippen molar-refractivity contribution >= 4 is 16.3 Å². The third kappa shape index (κ3) is 1.63. The van der Waals surface area contributed by atoms with E-state index in [4.69, 9.17) is 4.42 Å². The topological polar surface area (TPSA) is 86.9 Å². The molecule has 0 amide bonds. The molecule has 0 aliphatic carbocycles. The van der Waals surface area contributed by atoms with Gasteiger partial charge in [0.2, 0.25) is 4.96 Å². The van der Waals surface area contributed by atoms with Gasteiger partial charge in [-0.15, -0.1) is 10.2 Å². The number of aromatic nitrogens is 7. The fourth-order valence-corrected chi connectivity index (χ4v) is 2.69. The van der Waals surface area contributed by atoms with Crippen molar-refractivity contribution in [2.24, 2.45) is 7.05 Å². The van der Waals surface area contributed by atoms with Gasteiger partial charge in [-0.3, -0.25) is 4.68 Å². The molecule has 0 N–H and O–H groups in total. The molecule has 0 aromatic carbocycles. The number of rotatable bonds is 2. The van der Waals surface area contributed by atoms with Gasteiger partial charge in [-0.2, -0.15) is 14.7 Å². The highest BCUT2D eigenvalue weighted by Crippen LogP contribution is 2.27. The highest BCUT2D eigenvalue weighted by atomic mass is 32.1. The standard InChI is InChI=1S/C11H9N7OS/c1-6-13-8(5-19-6)10-16-18-9(14-15-11(18)20-10)7-3-12-17(2)4-7/h3-5H,1-2H3. The number of nitrogens with zero attached hydrogens (tertiary/aromatic N) is 7. The lowest BCUT2D eigenvalue weighted by atomic mass is 10.3. The summed E-state index contributed by atoms with van der Waals surface area (Å²) in [5.74, 6) is 1.27. The van der Waals surface area contributed by atoms with Crippen molar-refractivity contribution in [3.05, 3.63) is 24.5 Å². The van der Waals surface area contributed by atoms with E-state index in [1.807, 2.05) is 13.2 Å². The molecule has 100 valence electrons. The van der Waals surface area contributed by atoms with E-state index in [-0.39, 0.29) is 0 Å². The van der Waals surface area contributed by atoms with Gasteiger partial charge in [-0.1, -0.05) is 11.3 Å². The van der Waals surface area contributed by atoms with E-state index in [1.54, 1.807) is 28.6 Å². The van der Waals surface area contributed by atoms with Gasteiger partial charge in [0, 0.05) is 20.2 Å². The van der Waals surface area contributed by atoms with E-state index in [0.717, 1.165) is 10.6 Å². The highest BCUT2D eigenvalue weighted by Gasteiger charge is 2.16. The molecule has 0 bridgehead atoms. The molecule has 0 unspecified atom stereocenters. The van der Waals surface area contributed by atoms with Crippen LogP contribution in [0.2, 0.25) is 0 Å². The summed E-state index contributed by atoms with van der Waals surface area (Å²) in [6, 6.07) is 0. The van der Waals surface area contributed by atoms with Gasteiger partial charge in [0.25, 0.3) is 0 Å². The van der Waals surface area contributed by atoms with Crippen molar-refractivity contribution in [3.63, 3.8) is 0 Å². The van der Waals surface area contributed by atoms with Crippen molar-refractivity contribution < 1.29 is 4.42 Å². The second kappa shape index (κ2) is 3.97. The first-order chi connectivity index (χ1) is 9.70. The van der Waals surface area contributed by atoms with Gasteiger partial charge in [-0.25, -0.2) is 4.98 Å². The maximum atomic E-state index is 5.21. The summed E-state index contributed by atoms with van der Waals surface area (Å²) in [7, 11) is 1.85. The molecule has 0 fully saturated rings. The van der Waals surface area contributed by atoms with Crippen LogP contribution in [0.25, 0.3) is 27.1 Å². The SMILES string of the molecule is Cc1nc(-c2nn3c(-c4cnn(C)c4)nnc3s2)co1. The molecule has 0 saturated heterocycles. The summed E-state index contributed by atoms with van der Waals surface area (Å²) < 4.78 is 8.62. The van der Waals surface area contributed by atoms with Crippen molar-refractivity contribution in [1.29, 1.82) is 0 Å². The van der Waals surface area contributed by atoms with Gasteiger partial charge in [0.15, 0.2) is 16.7 Å². The van der Waals surface area contributed by atoms with Crippen LogP contribution < -0.4 is 0 Å². The normalized spacial score (nSPS) is 11.5. The summed E-state index contributed by atoms with van der Waals surface area (Å²) in [4.78, 5) is 4.97. The second-order valence-corrected chi connectivity index (χ2v) is 5.24. The van der Waals surface area contributed by atoms with E-state index in [9.17, 15) is 0 Å². The summed E-state index contributed by atoms with van der Waals surface area (Å²) in [6.07, 6.45) is 5.19. The average molecular weight is 287 g/mol. The molecule has 0 aliphatic rings. The summed E-state index contributed by atoms with van der Waals surface area (Å²) >= 11 is 1.41. The summed E-state index contributed by atoms with van der Waals surface area (Å²) in [6.45, 7) is 1.80. The minimum Gasteiger partial charge on any atom is -0.449 e. The van der Waals surface area contributed by atoms with Crippen LogP contribution in [0, 0.1) is 6.92 Å². The van der Waals surface area contributed by atoms with Crippen LogP contribution in [0.5, 0.6) is 0 Å². The molecule has 20 heavy (non-hydrogen) atoms. The second-order valence-electron chi connectivity index (χ2n) is 4.28. The molecular weight excluding hydrogens is 278 g/mol. The molecule has 0 aliphatic heterocycles. The van der Waals surface area contributed by atoms with Crippen LogP contribution in [-0.2, 0) is 7.05 Å². The van der Waals surface area contributed by atoms with E-state index in [0.29, 0.717) is 22.4 Å². The van der Waals surface area contributed by atoms with E-state index < -0.39 is 0 Å². The van der Waals surface area contributed by atoms with Crippen molar-refractivity contribution in [2.75, 3.05) is 0 Å². The fraction of sp³-hybridized carbons (Fsp3) is 0.182. The Morgan fingerprint density at radius 2 is 2.20 bits per heavy atom. The molecule has 4 heterocycles. The van der Waals surface area contributed by atoms with E-state index in [2.05, 4.69) is 25.4 Å². The molecule has 4 aromatic heterocycles. The van der Waals surface area contributed by atoms with Gasteiger partial charge < -0.3 is 4.42 Å². The number of hydrogen-bond donors (Lipinski definition) is 0. The fourth-order valence-electron chi connectivity index (χ4n) is 1.90. The van der Waals surface area contributed by atoms with Crippen LogP contribution in [0.1, 0.15) is 5.89 Å². The predicted octanol–water partition coefficient (Wildman–Crippen LogP) is 1.55. The van der Waals surface area contributed by atoms with Gasteiger partial charge in [0.05, 0.1) is 11.8 Å². The Kier molecular flexibility index (Phi) is 2.24. The van der Waals surface area contributed by atoms with Crippen molar-refractivity contribution in [1.82, 2.24) is 34.6 Å². The number of fused-ring (bicyclic) bond motifs is 1. The zero-order valence-corrected chi connectivity index (χ0v) is 11.5. The first-order valence-corrected chi connectivity index (χ1v) is 6.66. The summed E-state index contributed by atoms with van der Waals surface area (Å²) in [5.41, 5.74) is 1.57. The zero-order chi connectivity index (χ0) is 13.7. The number of hydrogen-bond acceptors (Lipinski definition) is 7. The highest BCUT2D eigenvalue weighted by molar-refractivity contribution is 7.19. The molecule has 0 radical (unpaired) electrons. The maximum absolute atomic E-state index is 5.21. The van der Waals surface area contributed by atoms with E-state index >= 15 is 0 Å². The predicted molar refractivity (Wildman–Crippen MR) is 71.1 cm³/mol. The summed E-state index contributed by atoms with van der Waals surface area (Å²) in [5, 5.41) is 17.6. The molecule has 8 nitrogen and oxygen atoms in total. The van der Waals surface area contributed by atoms with Gasteiger partial charge >= 0.3 is 0 Å². The van der Waals surface area contributed by atoms with Crippen LogP contribution in [0.15, 0.2) is 23.1 Å². The Hall–Kier alpha value is -2.55. The lowest BCUT2D eigenvalue weighted by Crippen LogP contribution is -1.90. The Bertz CT molecular complexity index is 899. The lowest BCUT2D eigenvalue weighted by molar-refractivity contribution is 0.521. The largest absolute Gasteiger partial charge is 0.449 e. The number of aryl methyl sites for hydroxylation is 2. The molecule has 4 aromatic rings. The van der Waals surface area contributed by atoms with Gasteiger partial charge in [-0.05, 0) is 0 Å². The van der Waals surface area contributed by atoms with Crippen LogP contribution in [0.3, 0.4) is 0 Å². The first-order valence-electron chi connectivity index (χ1n) is 5.84. The minimum absolute atomic E-state index is 0.610. The molecule has 0 spiro atoms. The Morgan fingerprint density at radius 3 is 2.90 bits per heavy atom. The molecular formula is C11H9N7OS. The first kappa shape index (κ1) is 11.3. The van der Waals surface area contributed by atoms with Crippen LogP contribution >= 0.6 is 11.3 Å². The quantitative estimate of drug-likeness (QED) is 0.556. The minimum atomic E-state index is 0.610. The van der Waals surface area contributed by atoms with Crippen LogP contribution in [-0.4, -0.2) is 34.6 Å². The smallest absolute Gasteiger partial charge is 0.235 e. The van der Waals surface area contributed by atoms with Crippen molar-refractivity contribution in [2.45, 2.75) is 6.92 Å². The Labute approximate surface area is 116 Å². The van der Waals surface area contributed by atoms with Crippen molar-refractivity contribution in [3.8, 4) is 22.1 Å². The third-order valence-electron chi connectivity index (χ3n) is 2.79. The maximum Gasteiger partial charge on any atom is 0.235 e. The third-order valence-corrected chi connectivity index (χ3v) is 3.71. The molecule has 4 rings (SSSR count). The Balaban J connectivity index is 1.86. The molecule has 9 heteroatoms. The zero-order valence-electron chi connectivity index (χ0n) is 10.7. The monoisotopic (exact) mass is 287 g/mol. The van der Waals surface area contributed by atoms with Crippen LogP contribution in [0.4, 0.5) is 0 Å².